The molecule has 1 N–H and O–H groups in total. The van der Waals surface area contributed by atoms with Gasteiger partial charge in [0.25, 0.3) is 0 Å². The molecule has 0 aromatic heterocycles. The molecule has 0 aliphatic carbocycles. The maximum Gasteiger partial charge on any atom is 0.311 e. The van der Waals surface area contributed by atoms with E-state index in [0.717, 1.165) is 0 Å². The van der Waals surface area contributed by atoms with Crippen molar-refractivity contribution in [3.8, 4) is 0 Å². The van der Waals surface area contributed by atoms with E-state index in [1.807, 2.05) is 33.8 Å². The molecule has 5 heteroatoms. The maximum atomic E-state index is 11.9. The minimum absolute atomic E-state index is 0.0607. The molecule has 0 aliphatic rings. The second-order valence-corrected chi connectivity index (χ2v) is 15.5. The van der Waals surface area contributed by atoms with E-state index in [-0.39, 0.29) is 24.6 Å². The molecule has 0 bridgehead atoms. The van der Waals surface area contributed by atoms with Gasteiger partial charge in [-0.2, -0.15) is 0 Å². The molecule has 0 aromatic rings. The van der Waals surface area contributed by atoms with E-state index in [1.54, 1.807) is 0 Å². The number of aliphatic hydroxyl groups excluding tert-OH is 1. The van der Waals surface area contributed by atoms with Crippen molar-refractivity contribution in [3.05, 3.63) is 12.7 Å². The lowest BCUT2D eigenvalue weighted by molar-refractivity contribution is -0.153. The van der Waals surface area contributed by atoms with E-state index in [4.69, 9.17) is 9.16 Å². The largest absolute Gasteiger partial charge is 0.465 e. The van der Waals surface area contributed by atoms with Crippen LogP contribution in [0, 0.1) is 11.3 Å². The number of carbonyl (C=O) groups is 1. The molecular formula is C23H46O4Si. The van der Waals surface area contributed by atoms with E-state index in [2.05, 4.69) is 48.1 Å². The fraction of sp³-hybridized carbons (Fsp3) is 0.870. The fourth-order valence-electron chi connectivity index (χ4n) is 4.20. The molecule has 0 heterocycles. The monoisotopic (exact) mass is 414 g/mol. The van der Waals surface area contributed by atoms with Gasteiger partial charge in [0.15, 0.2) is 0 Å². The number of esters is 1. The fourth-order valence-corrected chi connectivity index (χ4v) is 9.86. The van der Waals surface area contributed by atoms with Gasteiger partial charge >= 0.3 is 5.97 Å². The van der Waals surface area contributed by atoms with Gasteiger partial charge in [0.05, 0.1) is 24.2 Å². The standard InChI is InChI=1S/C23H46O4Si/c1-12-13-21(27-28(16(2)3,17(4)5)18(6)7)19(8)20(24)14-15-26-22(25)23(9,10)11/h12,16-21,24H,1,13-15H2,2-11H3/t19-,20-,21-/m1/s1. The first-order valence-corrected chi connectivity index (χ1v) is 13.0. The van der Waals surface area contributed by atoms with Gasteiger partial charge in [0.2, 0.25) is 8.32 Å². The van der Waals surface area contributed by atoms with Crippen LogP contribution in [0.2, 0.25) is 16.6 Å². The first-order valence-electron chi connectivity index (χ1n) is 10.9. The molecule has 0 aromatic carbocycles. The van der Waals surface area contributed by atoms with E-state index >= 15 is 0 Å². The van der Waals surface area contributed by atoms with Crippen molar-refractivity contribution in [2.45, 2.75) is 111 Å². The van der Waals surface area contributed by atoms with Gasteiger partial charge in [0.1, 0.15) is 0 Å². The van der Waals surface area contributed by atoms with Crippen LogP contribution in [0.25, 0.3) is 0 Å². The summed E-state index contributed by atoms with van der Waals surface area (Å²) in [5.74, 6) is -0.299. The first kappa shape index (κ1) is 27.3. The van der Waals surface area contributed by atoms with Gasteiger partial charge in [-0.25, -0.2) is 0 Å². The van der Waals surface area contributed by atoms with Gasteiger partial charge in [0, 0.05) is 12.3 Å². The van der Waals surface area contributed by atoms with Crippen molar-refractivity contribution in [3.63, 3.8) is 0 Å². The van der Waals surface area contributed by atoms with E-state index in [1.165, 1.54) is 0 Å². The van der Waals surface area contributed by atoms with E-state index < -0.39 is 19.8 Å². The van der Waals surface area contributed by atoms with Crippen LogP contribution >= 0.6 is 0 Å². The molecule has 4 nitrogen and oxygen atoms in total. The lowest BCUT2D eigenvalue weighted by Gasteiger charge is -2.46. The van der Waals surface area contributed by atoms with Crippen molar-refractivity contribution in [1.82, 2.24) is 0 Å². The molecule has 28 heavy (non-hydrogen) atoms. The number of ether oxygens (including phenoxy) is 1. The molecule has 0 unspecified atom stereocenters. The van der Waals surface area contributed by atoms with Crippen LogP contribution in [0.3, 0.4) is 0 Å². The highest BCUT2D eigenvalue weighted by molar-refractivity contribution is 6.77. The van der Waals surface area contributed by atoms with Gasteiger partial charge < -0.3 is 14.3 Å². The normalized spacial score (nSPS) is 16.4. The molecule has 3 atom stereocenters. The van der Waals surface area contributed by atoms with Gasteiger partial charge in [-0.05, 0) is 43.8 Å². The Labute approximate surface area is 175 Å². The number of hydrogen-bond acceptors (Lipinski definition) is 4. The number of rotatable bonds is 12. The van der Waals surface area contributed by atoms with Crippen LogP contribution in [0.1, 0.15) is 82.1 Å². The summed E-state index contributed by atoms with van der Waals surface area (Å²) in [5.41, 5.74) is 0.924. The Balaban J connectivity index is 5.23. The second kappa shape index (κ2) is 11.5. The zero-order valence-electron chi connectivity index (χ0n) is 20.0. The van der Waals surface area contributed by atoms with Crippen LogP contribution in [0.4, 0.5) is 0 Å². The molecule has 0 aliphatic heterocycles. The Kier molecular flexibility index (Phi) is 11.2. The quantitative estimate of drug-likeness (QED) is 0.238. The zero-order chi connectivity index (χ0) is 22.3. The number of carbonyl (C=O) groups excluding carboxylic acids is 1. The number of aliphatic hydroxyl groups is 1. The summed E-state index contributed by atoms with van der Waals surface area (Å²) < 4.78 is 12.3. The third-order valence-corrected chi connectivity index (χ3v) is 12.0. The third-order valence-electron chi connectivity index (χ3n) is 5.91. The first-order chi connectivity index (χ1) is 12.7. The van der Waals surface area contributed by atoms with Crippen molar-refractivity contribution < 1.29 is 19.1 Å². The average molecular weight is 415 g/mol. The minimum Gasteiger partial charge on any atom is -0.465 e. The Hall–Kier alpha value is -0.653. The Morgan fingerprint density at radius 3 is 1.86 bits per heavy atom. The smallest absolute Gasteiger partial charge is 0.311 e. The van der Waals surface area contributed by atoms with Crippen LogP contribution in [0.5, 0.6) is 0 Å². The van der Waals surface area contributed by atoms with Crippen molar-refractivity contribution in [1.29, 1.82) is 0 Å². The molecule has 0 rings (SSSR count). The molecule has 0 radical (unpaired) electrons. The predicted octanol–water partition coefficient (Wildman–Crippen LogP) is 6.10. The molecule has 0 saturated carbocycles. The lowest BCUT2D eigenvalue weighted by Crippen LogP contribution is -2.52. The summed E-state index contributed by atoms with van der Waals surface area (Å²) in [4.78, 5) is 11.9. The average Bonchev–Trinajstić information content (AvgIpc) is 2.55. The predicted molar refractivity (Wildman–Crippen MR) is 121 cm³/mol. The van der Waals surface area contributed by atoms with Gasteiger partial charge in [-0.3, -0.25) is 4.79 Å². The number of hydrogen-bond donors (Lipinski definition) is 1. The highest BCUT2D eigenvalue weighted by atomic mass is 28.4. The van der Waals surface area contributed by atoms with Crippen molar-refractivity contribution >= 4 is 14.3 Å². The highest BCUT2D eigenvalue weighted by Crippen LogP contribution is 2.44. The summed E-state index contributed by atoms with van der Waals surface area (Å²) in [6.07, 6.45) is 2.34. The summed E-state index contributed by atoms with van der Waals surface area (Å²) in [6.45, 7) is 25.3. The van der Waals surface area contributed by atoms with E-state index in [9.17, 15) is 9.90 Å². The SMILES string of the molecule is C=CC[C@@H](O[Si](C(C)C)(C(C)C)C(C)C)[C@H](C)[C@H](O)CCOC(=O)C(C)(C)C. The summed E-state index contributed by atoms with van der Waals surface area (Å²) in [6, 6.07) is 0. The Morgan fingerprint density at radius 1 is 1.04 bits per heavy atom. The van der Waals surface area contributed by atoms with Gasteiger partial charge in [-0.15, -0.1) is 6.58 Å². The zero-order valence-corrected chi connectivity index (χ0v) is 21.0. The Morgan fingerprint density at radius 2 is 1.50 bits per heavy atom. The van der Waals surface area contributed by atoms with Crippen LogP contribution < -0.4 is 0 Å². The van der Waals surface area contributed by atoms with Crippen LogP contribution in [-0.4, -0.2) is 38.2 Å². The summed E-state index contributed by atoms with van der Waals surface area (Å²) >= 11 is 0. The lowest BCUT2D eigenvalue weighted by atomic mass is 9.94. The second-order valence-electron chi connectivity index (χ2n) is 10.1. The summed E-state index contributed by atoms with van der Waals surface area (Å²) in [5, 5.41) is 10.8. The topological polar surface area (TPSA) is 55.8 Å². The van der Waals surface area contributed by atoms with Crippen molar-refractivity contribution in [2.24, 2.45) is 11.3 Å². The third kappa shape index (κ3) is 7.31. The molecular weight excluding hydrogens is 368 g/mol. The summed E-state index contributed by atoms with van der Waals surface area (Å²) in [7, 11) is -2.05. The van der Waals surface area contributed by atoms with Crippen LogP contribution in [-0.2, 0) is 14.0 Å². The van der Waals surface area contributed by atoms with Crippen LogP contribution in [0.15, 0.2) is 12.7 Å². The molecule has 0 amide bonds. The molecule has 0 spiro atoms. The maximum absolute atomic E-state index is 11.9. The minimum atomic E-state index is -2.05. The Bertz CT molecular complexity index is 458. The highest BCUT2D eigenvalue weighted by Gasteiger charge is 2.47. The molecule has 0 fully saturated rings. The molecule has 166 valence electrons. The van der Waals surface area contributed by atoms with E-state index in [0.29, 0.717) is 29.5 Å². The van der Waals surface area contributed by atoms with Crippen molar-refractivity contribution in [2.75, 3.05) is 6.61 Å². The molecule has 0 saturated heterocycles. The van der Waals surface area contributed by atoms with Gasteiger partial charge in [-0.1, -0.05) is 54.5 Å².